The number of aryl methyl sites for hydroxylation is 1. The molecule has 0 aliphatic carbocycles. The summed E-state index contributed by atoms with van der Waals surface area (Å²) in [6, 6.07) is 16.0. The quantitative estimate of drug-likeness (QED) is 0.407. The molecule has 0 atom stereocenters. The maximum atomic E-state index is 5.22. The van der Waals surface area contributed by atoms with E-state index in [1.54, 1.807) is 14.2 Å². The summed E-state index contributed by atoms with van der Waals surface area (Å²) in [5.41, 5.74) is 2.33. The smallest absolute Gasteiger partial charge is 0.191 e. The fourth-order valence-electron chi connectivity index (χ4n) is 2.96. The molecule has 2 N–H and O–H groups in total. The van der Waals surface area contributed by atoms with E-state index in [9.17, 15) is 0 Å². The number of nitrogens with one attached hydrogen (secondary N) is 2. The van der Waals surface area contributed by atoms with Crippen LogP contribution in [0.3, 0.4) is 0 Å². The molecule has 0 saturated heterocycles. The highest BCUT2D eigenvalue weighted by atomic mass is 16.5. The topological polar surface area (TPSA) is 85.6 Å². The molecular formula is C23H30N6O2. The Hall–Kier alpha value is -3.55. The zero-order valence-electron chi connectivity index (χ0n) is 18.6. The maximum Gasteiger partial charge on any atom is 0.191 e. The number of rotatable bonds is 9. The molecule has 164 valence electrons. The second-order valence-corrected chi connectivity index (χ2v) is 7.11. The molecule has 2 aromatic carbocycles. The highest BCUT2D eigenvalue weighted by Gasteiger charge is 2.06. The molecule has 31 heavy (non-hydrogen) atoms. The van der Waals surface area contributed by atoms with Gasteiger partial charge in [0.05, 0.1) is 27.3 Å². The van der Waals surface area contributed by atoms with E-state index in [0.717, 1.165) is 47.6 Å². The summed E-state index contributed by atoms with van der Waals surface area (Å²) >= 11 is 0. The monoisotopic (exact) mass is 422 g/mol. The second kappa shape index (κ2) is 11.0. The third kappa shape index (κ3) is 6.47. The van der Waals surface area contributed by atoms with Crippen LogP contribution in [-0.2, 0) is 26.6 Å². The molecule has 1 aromatic heterocycles. The van der Waals surface area contributed by atoms with Gasteiger partial charge in [0.2, 0.25) is 0 Å². The molecule has 1 heterocycles. The van der Waals surface area contributed by atoms with Crippen LogP contribution < -0.4 is 20.1 Å². The second-order valence-electron chi connectivity index (χ2n) is 7.11. The molecule has 0 radical (unpaired) electrons. The highest BCUT2D eigenvalue weighted by molar-refractivity contribution is 5.79. The molecule has 0 fully saturated rings. The lowest BCUT2D eigenvalue weighted by Gasteiger charge is -2.13. The molecule has 0 aliphatic rings. The van der Waals surface area contributed by atoms with Crippen molar-refractivity contribution in [2.24, 2.45) is 12.0 Å². The summed E-state index contributed by atoms with van der Waals surface area (Å²) in [6.45, 7) is 3.77. The van der Waals surface area contributed by atoms with Gasteiger partial charge in [-0.15, -0.1) is 10.2 Å². The van der Waals surface area contributed by atoms with E-state index in [-0.39, 0.29) is 0 Å². The van der Waals surface area contributed by atoms with Crippen LogP contribution >= 0.6 is 0 Å². The van der Waals surface area contributed by atoms with Gasteiger partial charge in [-0.3, -0.25) is 0 Å². The van der Waals surface area contributed by atoms with Crippen molar-refractivity contribution >= 4 is 5.96 Å². The Kier molecular flexibility index (Phi) is 7.86. The molecule has 8 nitrogen and oxygen atoms in total. The van der Waals surface area contributed by atoms with Gasteiger partial charge in [0.15, 0.2) is 11.8 Å². The van der Waals surface area contributed by atoms with Crippen molar-refractivity contribution in [1.82, 2.24) is 25.4 Å². The Morgan fingerprint density at radius 3 is 2.06 bits per heavy atom. The average molecular weight is 423 g/mol. The molecule has 0 bridgehead atoms. The van der Waals surface area contributed by atoms with Crippen molar-refractivity contribution in [3.05, 3.63) is 71.3 Å². The number of hydrogen-bond donors (Lipinski definition) is 2. The summed E-state index contributed by atoms with van der Waals surface area (Å²) in [6.07, 6.45) is 0.871. The van der Waals surface area contributed by atoms with Gasteiger partial charge < -0.3 is 24.7 Å². The predicted octanol–water partition coefficient (Wildman–Crippen LogP) is 2.62. The van der Waals surface area contributed by atoms with E-state index in [4.69, 9.17) is 14.5 Å². The summed E-state index contributed by atoms with van der Waals surface area (Å²) in [5, 5.41) is 15.1. The first-order valence-corrected chi connectivity index (χ1v) is 10.2. The van der Waals surface area contributed by atoms with Crippen molar-refractivity contribution in [3.8, 4) is 11.5 Å². The van der Waals surface area contributed by atoms with E-state index in [1.165, 1.54) is 5.56 Å². The fourth-order valence-corrected chi connectivity index (χ4v) is 2.96. The van der Waals surface area contributed by atoms with Crippen LogP contribution in [0.25, 0.3) is 0 Å². The lowest BCUT2D eigenvalue weighted by Crippen LogP contribution is -2.38. The van der Waals surface area contributed by atoms with Crippen LogP contribution in [0.2, 0.25) is 0 Å². The molecule has 3 rings (SSSR count). The molecule has 0 saturated carbocycles. The Morgan fingerprint density at radius 1 is 0.903 bits per heavy atom. The molecule has 0 aliphatic heterocycles. The summed E-state index contributed by atoms with van der Waals surface area (Å²) in [5.74, 6) is 4.15. The van der Waals surface area contributed by atoms with Crippen molar-refractivity contribution in [3.63, 3.8) is 0 Å². The van der Waals surface area contributed by atoms with Crippen LogP contribution in [0.4, 0.5) is 0 Å². The largest absolute Gasteiger partial charge is 0.497 e. The Bertz CT molecular complexity index is 980. The third-order valence-corrected chi connectivity index (χ3v) is 5.04. The summed E-state index contributed by atoms with van der Waals surface area (Å²) in [7, 11) is 5.29. The molecule has 8 heteroatoms. The van der Waals surface area contributed by atoms with Gasteiger partial charge in [-0.25, -0.2) is 4.99 Å². The first-order chi connectivity index (χ1) is 15.1. The van der Waals surface area contributed by atoms with E-state index < -0.39 is 0 Å². The first-order valence-electron chi connectivity index (χ1n) is 10.2. The minimum absolute atomic E-state index is 0.536. The molecule has 3 aromatic rings. The van der Waals surface area contributed by atoms with E-state index in [0.29, 0.717) is 13.1 Å². The lowest BCUT2D eigenvalue weighted by atomic mass is 10.1. The number of methoxy groups -OCH3 is 2. The van der Waals surface area contributed by atoms with Gasteiger partial charge in [0, 0.05) is 13.6 Å². The number of nitrogens with zero attached hydrogens (tertiary/aromatic N) is 4. The molecule has 0 unspecified atom stereocenters. The van der Waals surface area contributed by atoms with Crippen LogP contribution in [0.1, 0.15) is 22.8 Å². The molecular weight excluding hydrogens is 392 g/mol. The van der Waals surface area contributed by atoms with Gasteiger partial charge in [-0.2, -0.15) is 0 Å². The predicted molar refractivity (Wildman–Crippen MR) is 121 cm³/mol. The van der Waals surface area contributed by atoms with E-state index in [2.05, 4.69) is 33.0 Å². The maximum absolute atomic E-state index is 5.22. The molecule has 0 amide bonds. The van der Waals surface area contributed by atoms with Crippen LogP contribution in [0, 0.1) is 6.92 Å². The van der Waals surface area contributed by atoms with Gasteiger partial charge in [0.25, 0.3) is 0 Å². The average Bonchev–Trinajstić information content (AvgIpc) is 3.13. The number of benzene rings is 2. The minimum Gasteiger partial charge on any atom is -0.497 e. The first kappa shape index (κ1) is 22.1. The third-order valence-electron chi connectivity index (χ3n) is 5.04. The number of ether oxygens (including phenoxy) is 2. The van der Waals surface area contributed by atoms with Gasteiger partial charge in [-0.05, 0) is 48.7 Å². The van der Waals surface area contributed by atoms with Gasteiger partial charge in [0.1, 0.15) is 17.3 Å². The van der Waals surface area contributed by atoms with Crippen LogP contribution in [0.15, 0.2) is 53.5 Å². The van der Waals surface area contributed by atoms with E-state index >= 15 is 0 Å². The zero-order valence-corrected chi connectivity index (χ0v) is 18.6. The number of aromatic nitrogens is 3. The number of hydrogen-bond acceptors (Lipinski definition) is 5. The normalized spacial score (nSPS) is 11.3. The minimum atomic E-state index is 0.536. The van der Waals surface area contributed by atoms with Crippen LogP contribution in [0.5, 0.6) is 11.5 Å². The summed E-state index contributed by atoms with van der Waals surface area (Å²) < 4.78 is 12.4. The van der Waals surface area contributed by atoms with Gasteiger partial charge >= 0.3 is 0 Å². The fraction of sp³-hybridized carbons (Fsp3) is 0.348. The lowest BCUT2D eigenvalue weighted by molar-refractivity contribution is 0.414. The van der Waals surface area contributed by atoms with E-state index in [1.807, 2.05) is 54.9 Å². The van der Waals surface area contributed by atoms with Crippen LogP contribution in [-0.4, -0.2) is 41.5 Å². The van der Waals surface area contributed by atoms with Crippen molar-refractivity contribution in [1.29, 1.82) is 0 Å². The van der Waals surface area contributed by atoms with Crippen molar-refractivity contribution < 1.29 is 9.47 Å². The Morgan fingerprint density at radius 2 is 1.52 bits per heavy atom. The number of guanidine groups is 1. The van der Waals surface area contributed by atoms with Crippen molar-refractivity contribution in [2.45, 2.75) is 26.4 Å². The molecule has 0 spiro atoms. The Labute approximate surface area is 183 Å². The Balaban J connectivity index is 1.62. The zero-order chi connectivity index (χ0) is 22.1. The van der Waals surface area contributed by atoms with Crippen molar-refractivity contribution in [2.75, 3.05) is 20.8 Å². The standard InChI is InChI=1S/C23H30N6O2/c1-17-27-28-22(29(17)2)16-26-23(25-15-19-7-11-21(31-4)12-8-19)24-14-13-18-5-9-20(30-3)10-6-18/h5-12H,13-16H2,1-4H3,(H2,24,25,26). The SMILES string of the molecule is COc1ccc(CCNC(=NCc2ccc(OC)cc2)NCc2nnc(C)n2C)cc1. The van der Waals surface area contributed by atoms with Gasteiger partial charge in [-0.1, -0.05) is 24.3 Å². The highest BCUT2D eigenvalue weighted by Crippen LogP contribution is 2.12. The summed E-state index contributed by atoms with van der Waals surface area (Å²) in [4.78, 5) is 4.74. The number of aliphatic imine (C=N–C) groups is 1.